The largest absolute Gasteiger partial charge is 0.464 e. The van der Waals surface area contributed by atoms with E-state index in [0.29, 0.717) is 24.4 Å². The third kappa shape index (κ3) is 3.53. The molecule has 2 aromatic heterocycles. The Morgan fingerprint density at radius 2 is 2.15 bits per heavy atom. The topological polar surface area (TPSA) is 94.0 Å². The highest BCUT2D eigenvalue weighted by molar-refractivity contribution is 5.80. The van der Waals surface area contributed by atoms with Crippen molar-refractivity contribution >= 4 is 23.4 Å². The van der Waals surface area contributed by atoms with E-state index in [-0.39, 0.29) is 24.3 Å². The molecule has 146 valence electrons. The molecule has 27 heavy (non-hydrogen) atoms. The summed E-state index contributed by atoms with van der Waals surface area (Å²) in [6.45, 7) is 5.68. The Bertz CT molecular complexity index is 866. The summed E-state index contributed by atoms with van der Waals surface area (Å²) in [6.07, 6.45) is -1.76. The van der Waals surface area contributed by atoms with Gasteiger partial charge in [0.15, 0.2) is 5.54 Å². The van der Waals surface area contributed by atoms with E-state index < -0.39 is 17.3 Å². The monoisotopic (exact) mass is 384 g/mol. The van der Waals surface area contributed by atoms with Crippen LogP contribution < -0.4 is 10.6 Å². The van der Waals surface area contributed by atoms with Gasteiger partial charge < -0.3 is 15.4 Å². The molecule has 0 amide bonds. The van der Waals surface area contributed by atoms with Gasteiger partial charge in [0.2, 0.25) is 5.95 Å². The number of halogens is 3. The van der Waals surface area contributed by atoms with Crippen LogP contribution in [0.5, 0.6) is 0 Å². The highest BCUT2D eigenvalue weighted by Gasteiger charge is 2.43. The lowest BCUT2D eigenvalue weighted by Gasteiger charge is -2.19. The normalized spacial score (nSPS) is 19.9. The second-order valence-electron chi connectivity index (χ2n) is 6.34. The zero-order chi connectivity index (χ0) is 19.8. The zero-order valence-electron chi connectivity index (χ0n) is 15.0. The Hall–Kier alpha value is -2.85. The first-order valence-corrected chi connectivity index (χ1v) is 8.34. The van der Waals surface area contributed by atoms with Gasteiger partial charge in [-0.3, -0.25) is 4.68 Å². The maximum Gasteiger partial charge on any atom is 0.421 e. The van der Waals surface area contributed by atoms with Crippen LogP contribution in [0.15, 0.2) is 12.4 Å². The van der Waals surface area contributed by atoms with Gasteiger partial charge in [-0.2, -0.15) is 23.3 Å². The van der Waals surface area contributed by atoms with E-state index in [1.54, 1.807) is 27.0 Å². The molecule has 0 unspecified atom stereocenters. The van der Waals surface area contributed by atoms with Gasteiger partial charge >= 0.3 is 12.1 Å². The molecule has 8 nitrogen and oxygen atoms in total. The molecule has 11 heteroatoms. The van der Waals surface area contributed by atoms with Gasteiger partial charge in [0.1, 0.15) is 11.4 Å². The summed E-state index contributed by atoms with van der Waals surface area (Å²) in [4.78, 5) is 19.7. The second kappa shape index (κ2) is 6.71. The van der Waals surface area contributed by atoms with Crippen molar-refractivity contribution < 1.29 is 22.7 Å². The number of esters is 1. The molecule has 0 radical (unpaired) electrons. The summed E-state index contributed by atoms with van der Waals surface area (Å²) >= 11 is 0. The van der Waals surface area contributed by atoms with Gasteiger partial charge in [-0.1, -0.05) is 0 Å². The number of hydrogen-bond acceptors (Lipinski definition) is 7. The molecule has 0 bridgehead atoms. The number of alkyl halides is 3. The van der Waals surface area contributed by atoms with Gasteiger partial charge in [-0.15, -0.1) is 0 Å². The average Bonchev–Trinajstić information content (AvgIpc) is 3.11. The van der Waals surface area contributed by atoms with Crippen molar-refractivity contribution in [3.63, 3.8) is 0 Å². The van der Waals surface area contributed by atoms with Crippen molar-refractivity contribution in [1.82, 2.24) is 19.7 Å². The Balaban J connectivity index is 1.90. The van der Waals surface area contributed by atoms with Crippen LogP contribution in [0.2, 0.25) is 0 Å². The molecule has 0 spiro atoms. The molecule has 0 aliphatic carbocycles. The molecule has 2 N–H and O–H groups in total. The van der Waals surface area contributed by atoms with E-state index in [0.717, 1.165) is 6.20 Å². The third-order valence-electron chi connectivity index (χ3n) is 4.35. The van der Waals surface area contributed by atoms with Gasteiger partial charge in [-0.25, -0.2) is 9.78 Å². The highest BCUT2D eigenvalue weighted by atomic mass is 19.4. The minimum Gasteiger partial charge on any atom is -0.464 e. The van der Waals surface area contributed by atoms with Crippen LogP contribution in [0.1, 0.15) is 31.5 Å². The molecular formula is C16H19F3N6O2. The number of hydrogen-bond donors (Lipinski definition) is 2. The maximum absolute atomic E-state index is 13.1. The van der Waals surface area contributed by atoms with Crippen LogP contribution in [0.3, 0.4) is 0 Å². The van der Waals surface area contributed by atoms with Crippen molar-refractivity contribution in [2.75, 3.05) is 23.8 Å². The Labute approximate surface area is 153 Å². The van der Waals surface area contributed by atoms with Gasteiger partial charge in [0, 0.05) is 19.2 Å². The Morgan fingerprint density at radius 1 is 1.41 bits per heavy atom. The number of anilines is 3. The molecule has 1 fully saturated rings. The fourth-order valence-electron chi connectivity index (χ4n) is 2.72. The van der Waals surface area contributed by atoms with Crippen molar-refractivity contribution in [1.29, 1.82) is 0 Å². The summed E-state index contributed by atoms with van der Waals surface area (Å²) in [5.74, 6) is -0.698. The van der Waals surface area contributed by atoms with Gasteiger partial charge in [0.25, 0.3) is 0 Å². The quantitative estimate of drug-likeness (QED) is 0.766. The number of nitrogens with zero attached hydrogens (tertiary/aromatic N) is 4. The predicted molar refractivity (Wildman–Crippen MR) is 90.7 cm³/mol. The summed E-state index contributed by atoms with van der Waals surface area (Å²) in [7, 11) is 0. The second-order valence-corrected chi connectivity index (χ2v) is 6.34. The van der Waals surface area contributed by atoms with Crippen LogP contribution in [0.4, 0.5) is 30.6 Å². The fraction of sp³-hybridized carbons (Fsp3) is 0.500. The molecule has 3 rings (SSSR count). The van der Waals surface area contributed by atoms with Crippen molar-refractivity contribution in [3.8, 4) is 0 Å². The first kappa shape index (κ1) is 18.9. The van der Waals surface area contributed by atoms with Crippen LogP contribution in [-0.2, 0) is 21.2 Å². The number of carbonyl (C=O) groups excluding carboxylic acids is 1. The van der Waals surface area contributed by atoms with Gasteiger partial charge in [0.05, 0.1) is 24.2 Å². The van der Waals surface area contributed by atoms with Crippen molar-refractivity contribution in [3.05, 3.63) is 23.7 Å². The minimum atomic E-state index is -4.56. The highest BCUT2D eigenvalue weighted by Crippen LogP contribution is 2.34. The first-order valence-electron chi connectivity index (χ1n) is 8.34. The lowest BCUT2D eigenvalue weighted by molar-refractivity contribution is -0.145. The minimum absolute atomic E-state index is 0.0132. The van der Waals surface area contributed by atoms with Gasteiger partial charge in [-0.05, 0) is 20.8 Å². The molecule has 1 aliphatic rings. The van der Waals surface area contributed by atoms with Crippen LogP contribution in [0.25, 0.3) is 0 Å². The first-order chi connectivity index (χ1) is 12.6. The van der Waals surface area contributed by atoms with E-state index in [2.05, 4.69) is 25.7 Å². The smallest absolute Gasteiger partial charge is 0.421 e. The average molecular weight is 384 g/mol. The molecule has 1 aliphatic heterocycles. The molecular weight excluding hydrogens is 365 g/mol. The Morgan fingerprint density at radius 3 is 2.74 bits per heavy atom. The number of rotatable bonds is 5. The molecule has 0 aromatic carbocycles. The molecule has 0 saturated carbocycles. The summed E-state index contributed by atoms with van der Waals surface area (Å²) in [5.41, 5.74) is -0.827. The van der Waals surface area contributed by atoms with E-state index in [1.165, 1.54) is 4.68 Å². The molecule has 1 atom stereocenters. The number of aromatic nitrogens is 4. The van der Waals surface area contributed by atoms with E-state index in [4.69, 9.17) is 4.74 Å². The van der Waals surface area contributed by atoms with E-state index in [9.17, 15) is 18.0 Å². The van der Waals surface area contributed by atoms with Crippen LogP contribution in [-0.4, -0.2) is 38.9 Å². The van der Waals surface area contributed by atoms with Crippen LogP contribution >= 0.6 is 0 Å². The third-order valence-corrected chi connectivity index (χ3v) is 4.35. The lowest BCUT2D eigenvalue weighted by Crippen LogP contribution is -2.35. The SMILES string of the molecule is CCNc1nc(Nc2cn([C@@]3(C)CCOC3=O)nc2C)ncc1C(F)(F)F. The lowest BCUT2D eigenvalue weighted by atomic mass is 10.0. The summed E-state index contributed by atoms with van der Waals surface area (Å²) < 4.78 is 45.7. The number of nitrogens with one attached hydrogen (secondary N) is 2. The van der Waals surface area contributed by atoms with E-state index in [1.807, 2.05) is 0 Å². The molecule has 3 heterocycles. The van der Waals surface area contributed by atoms with E-state index >= 15 is 0 Å². The zero-order valence-corrected chi connectivity index (χ0v) is 15.0. The fourth-order valence-corrected chi connectivity index (χ4v) is 2.72. The predicted octanol–water partition coefficient (Wildman–Crippen LogP) is 2.84. The Kier molecular flexibility index (Phi) is 4.70. The molecule has 2 aromatic rings. The number of ether oxygens (including phenoxy) is 1. The molecule has 1 saturated heterocycles. The summed E-state index contributed by atoms with van der Waals surface area (Å²) in [6, 6.07) is 0. The number of carbonyl (C=O) groups is 1. The van der Waals surface area contributed by atoms with Crippen LogP contribution in [0, 0.1) is 6.92 Å². The van der Waals surface area contributed by atoms with Crippen molar-refractivity contribution in [2.45, 2.75) is 38.9 Å². The number of aryl methyl sites for hydroxylation is 1. The number of cyclic esters (lactones) is 1. The maximum atomic E-state index is 13.1. The summed E-state index contributed by atoms with van der Waals surface area (Å²) in [5, 5.41) is 9.78. The standard InChI is InChI=1S/C16H19F3N6O2/c1-4-20-12-10(16(17,18)19)7-21-14(23-12)22-11-8-25(24-9(11)2)15(3)5-6-27-13(15)26/h7-8H,4-6H2,1-3H3,(H2,20,21,22,23)/t15-/m0/s1. The van der Waals surface area contributed by atoms with Crippen molar-refractivity contribution in [2.24, 2.45) is 0 Å².